The van der Waals surface area contributed by atoms with Crippen LogP contribution in [0, 0.1) is 0 Å². The second kappa shape index (κ2) is 5.25. The highest BCUT2D eigenvalue weighted by molar-refractivity contribution is 5.51. The predicted octanol–water partition coefficient (Wildman–Crippen LogP) is 2.99. The van der Waals surface area contributed by atoms with E-state index in [0.717, 1.165) is 12.1 Å². The molecule has 0 aliphatic heterocycles. The molecule has 3 nitrogen and oxygen atoms in total. The monoisotopic (exact) mass is 247 g/mol. The maximum Gasteiger partial charge on any atom is 0.416 e. The fraction of sp³-hybridized carbons (Fsp3) is 0.545. The lowest BCUT2D eigenvalue weighted by Crippen LogP contribution is -2.24. The molecule has 0 fully saturated rings. The molecule has 0 saturated heterocycles. The maximum atomic E-state index is 12.7. The van der Waals surface area contributed by atoms with Crippen molar-refractivity contribution >= 4 is 11.6 Å². The van der Waals surface area contributed by atoms with Crippen molar-refractivity contribution in [3.63, 3.8) is 0 Å². The van der Waals surface area contributed by atoms with Crippen molar-refractivity contribution in [1.82, 2.24) is 4.98 Å². The van der Waals surface area contributed by atoms with Gasteiger partial charge in [-0.05, 0) is 26.0 Å². The predicted molar refractivity (Wildman–Crippen MR) is 62.3 cm³/mol. The minimum Gasteiger partial charge on any atom is -0.373 e. The van der Waals surface area contributed by atoms with Gasteiger partial charge in [-0.2, -0.15) is 13.2 Å². The van der Waals surface area contributed by atoms with Crippen LogP contribution in [-0.4, -0.2) is 25.1 Å². The molecule has 0 spiro atoms. The van der Waals surface area contributed by atoms with Crippen molar-refractivity contribution in [3.05, 3.63) is 17.7 Å². The molecule has 1 heterocycles. The van der Waals surface area contributed by atoms with Crippen LogP contribution in [0.2, 0.25) is 0 Å². The number of hydrogen-bond acceptors (Lipinski definition) is 3. The molecule has 0 atom stereocenters. The molecule has 0 amide bonds. The summed E-state index contributed by atoms with van der Waals surface area (Å²) in [4.78, 5) is 5.90. The highest BCUT2D eigenvalue weighted by Crippen LogP contribution is 2.32. The number of halogens is 3. The van der Waals surface area contributed by atoms with Crippen molar-refractivity contribution in [2.45, 2.75) is 20.0 Å². The topological polar surface area (TPSA) is 28.2 Å². The Balaban J connectivity index is 3.22. The molecule has 0 aliphatic carbocycles. The summed E-state index contributed by atoms with van der Waals surface area (Å²) in [6, 6.07) is 2.08. The Morgan fingerprint density at radius 2 is 1.82 bits per heavy atom. The van der Waals surface area contributed by atoms with E-state index in [2.05, 4.69) is 10.3 Å². The number of aromatic nitrogens is 1. The standard InChI is InChI=1S/C11H16F3N3/c1-4-17(5-2)10-7-8(11(12,13)14)6-9(15-3)16-10/h6-7H,4-5H2,1-3H3,(H,15,16). The van der Waals surface area contributed by atoms with Gasteiger partial charge >= 0.3 is 6.18 Å². The Kier molecular flexibility index (Phi) is 4.20. The van der Waals surface area contributed by atoms with Crippen LogP contribution in [0.5, 0.6) is 0 Å². The summed E-state index contributed by atoms with van der Waals surface area (Å²) in [5.41, 5.74) is -0.682. The lowest BCUT2D eigenvalue weighted by atomic mass is 10.2. The Labute approximate surface area is 98.6 Å². The number of nitrogens with zero attached hydrogens (tertiary/aromatic N) is 2. The van der Waals surface area contributed by atoms with Crippen LogP contribution in [0.15, 0.2) is 12.1 Å². The molecule has 0 saturated carbocycles. The van der Waals surface area contributed by atoms with E-state index in [4.69, 9.17) is 0 Å². The molecule has 0 unspecified atom stereocenters. The molecule has 1 N–H and O–H groups in total. The molecule has 0 aliphatic rings. The molecule has 6 heteroatoms. The third-order valence-electron chi connectivity index (χ3n) is 2.48. The quantitative estimate of drug-likeness (QED) is 0.886. The number of pyridine rings is 1. The van der Waals surface area contributed by atoms with Crippen LogP contribution >= 0.6 is 0 Å². The first-order valence-corrected chi connectivity index (χ1v) is 5.44. The zero-order valence-electron chi connectivity index (χ0n) is 10.1. The normalized spacial score (nSPS) is 11.4. The maximum absolute atomic E-state index is 12.7. The average molecular weight is 247 g/mol. The van der Waals surface area contributed by atoms with Crippen molar-refractivity contribution < 1.29 is 13.2 Å². The van der Waals surface area contributed by atoms with Gasteiger partial charge in [-0.15, -0.1) is 0 Å². The van der Waals surface area contributed by atoms with E-state index < -0.39 is 11.7 Å². The molecule has 0 aromatic carbocycles. The van der Waals surface area contributed by atoms with Gasteiger partial charge in [0, 0.05) is 20.1 Å². The molecule has 1 rings (SSSR count). The largest absolute Gasteiger partial charge is 0.416 e. The van der Waals surface area contributed by atoms with E-state index >= 15 is 0 Å². The number of nitrogens with one attached hydrogen (secondary N) is 1. The number of hydrogen-bond donors (Lipinski definition) is 1. The van der Waals surface area contributed by atoms with Gasteiger partial charge in [0.05, 0.1) is 5.56 Å². The van der Waals surface area contributed by atoms with E-state index in [0.29, 0.717) is 18.9 Å². The summed E-state index contributed by atoms with van der Waals surface area (Å²) in [7, 11) is 1.55. The fourth-order valence-electron chi connectivity index (χ4n) is 1.52. The van der Waals surface area contributed by atoms with E-state index in [9.17, 15) is 13.2 Å². The van der Waals surface area contributed by atoms with Crippen LogP contribution in [-0.2, 0) is 6.18 Å². The summed E-state index contributed by atoms with van der Waals surface area (Å²) in [6.45, 7) is 5.00. The van der Waals surface area contributed by atoms with Gasteiger partial charge in [-0.1, -0.05) is 0 Å². The van der Waals surface area contributed by atoms with Gasteiger partial charge in [0.1, 0.15) is 11.6 Å². The molecule has 0 radical (unpaired) electrons. The molecular formula is C11H16F3N3. The SMILES string of the molecule is CCN(CC)c1cc(C(F)(F)F)cc(NC)n1. The van der Waals surface area contributed by atoms with Crippen molar-refractivity contribution in [1.29, 1.82) is 0 Å². The third kappa shape index (κ3) is 3.25. The van der Waals surface area contributed by atoms with Gasteiger partial charge in [0.25, 0.3) is 0 Å². The minimum absolute atomic E-state index is 0.224. The molecule has 1 aromatic rings. The van der Waals surface area contributed by atoms with E-state index in [-0.39, 0.29) is 5.82 Å². The highest BCUT2D eigenvalue weighted by Gasteiger charge is 2.32. The van der Waals surface area contributed by atoms with Crippen molar-refractivity contribution in [2.75, 3.05) is 30.4 Å². The molecule has 96 valence electrons. The van der Waals surface area contributed by atoms with Crippen LogP contribution in [0.25, 0.3) is 0 Å². The molecule has 1 aromatic heterocycles. The summed E-state index contributed by atoms with van der Waals surface area (Å²) in [5, 5.41) is 2.65. The second-order valence-corrected chi connectivity index (χ2v) is 3.52. The summed E-state index contributed by atoms with van der Waals surface area (Å²) >= 11 is 0. The van der Waals surface area contributed by atoms with Gasteiger partial charge in [-0.3, -0.25) is 0 Å². The number of alkyl halides is 3. The molecule has 0 bridgehead atoms. The lowest BCUT2D eigenvalue weighted by Gasteiger charge is -2.21. The fourth-order valence-corrected chi connectivity index (χ4v) is 1.52. The second-order valence-electron chi connectivity index (χ2n) is 3.52. The average Bonchev–Trinajstić information content (AvgIpc) is 2.29. The summed E-state index contributed by atoms with van der Waals surface area (Å²) in [6.07, 6.45) is -4.35. The van der Waals surface area contributed by atoms with Gasteiger partial charge in [-0.25, -0.2) is 4.98 Å². The Hall–Kier alpha value is -1.46. The van der Waals surface area contributed by atoms with Crippen molar-refractivity contribution in [3.8, 4) is 0 Å². The first kappa shape index (κ1) is 13.6. The first-order valence-electron chi connectivity index (χ1n) is 5.44. The zero-order chi connectivity index (χ0) is 13.1. The van der Waals surface area contributed by atoms with Crippen molar-refractivity contribution in [2.24, 2.45) is 0 Å². The molecular weight excluding hydrogens is 231 g/mol. The highest BCUT2D eigenvalue weighted by atomic mass is 19.4. The van der Waals surface area contributed by atoms with Gasteiger partial charge in [0.2, 0.25) is 0 Å². The Morgan fingerprint density at radius 1 is 1.24 bits per heavy atom. The first-order chi connectivity index (χ1) is 7.92. The van der Waals surface area contributed by atoms with Gasteiger partial charge in [0.15, 0.2) is 0 Å². The van der Waals surface area contributed by atoms with E-state index in [1.165, 1.54) is 0 Å². The molecule has 17 heavy (non-hydrogen) atoms. The van der Waals surface area contributed by atoms with Crippen LogP contribution in [0.3, 0.4) is 0 Å². The summed E-state index contributed by atoms with van der Waals surface area (Å²) in [5.74, 6) is 0.566. The zero-order valence-corrected chi connectivity index (χ0v) is 10.1. The van der Waals surface area contributed by atoms with Gasteiger partial charge < -0.3 is 10.2 Å². The van der Waals surface area contributed by atoms with Crippen LogP contribution in [0.1, 0.15) is 19.4 Å². The summed E-state index contributed by atoms with van der Waals surface area (Å²) < 4.78 is 38.0. The van der Waals surface area contributed by atoms with E-state index in [1.807, 2.05) is 13.8 Å². The third-order valence-corrected chi connectivity index (χ3v) is 2.48. The minimum atomic E-state index is -4.35. The van der Waals surface area contributed by atoms with Crippen LogP contribution < -0.4 is 10.2 Å². The Bertz CT molecular complexity index is 373. The smallest absolute Gasteiger partial charge is 0.373 e. The van der Waals surface area contributed by atoms with E-state index in [1.54, 1.807) is 11.9 Å². The number of rotatable bonds is 4. The lowest BCUT2D eigenvalue weighted by molar-refractivity contribution is -0.137. The Morgan fingerprint density at radius 3 is 2.24 bits per heavy atom. The number of anilines is 2. The van der Waals surface area contributed by atoms with Crippen LogP contribution in [0.4, 0.5) is 24.8 Å².